The van der Waals surface area contributed by atoms with Gasteiger partial charge in [0.05, 0.1) is 5.92 Å². The first-order valence-electron chi connectivity index (χ1n) is 8.04. The van der Waals surface area contributed by atoms with E-state index in [4.69, 9.17) is 5.73 Å². The largest absolute Gasteiger partial charge is 0.340 e. The second kappa shape index (κ2) is 10.3. The van der Waals surface area contributed by atoms with E-state index in [0.29, 0.717) is 31.7 Å². The number of piperazine rings is 1. The van der Waals surface area contributed by atoms with Crippen molar-refractivity contribution in [2.45, 2.75) is 32.9 Å². The standard InChI is InChI=1S/C17H25F2N3O.2ClH/c1-11(12(2)20)17(23)22-8-6-21(7-9-22)13(3)15-5-4-14(18)10-16(15)19;;/h4-5,10-13H,6-9,20H2,1-3H3;2*1H. The van der Waals surface area contributed by atoms with Gasteiger partial charge in [-0.3, -0.25) is 9.69 Å². The van der Waals surface area contributed by atoms with Gasteiger partial charge in [-0.15, -0.1) is 24.8 Å². The van der Waals surface area contributed by atoms with Gasteiger partial charge in [0.2, 0.25) is 5.91 Å². The molecule has 3 atom stereocenters. The van der Waals surface area contributed by atoms with Gasteiger partial charge in [-0.25, -0.2) is 8.78 Å². The van der Waals surface area contributed by atoms with Gasteiger partial charge < -0.3 is 10.6 Å². The molecule has 1 aliphatic heterocycles. The van der Waals surface area contributed by atoms with Gasteiger partial charge in [0.15, 0.2) is 0 Å². The van der Waals surface area contributed by atoms with Crippen molar-refractivity contribution in [1.82, 2.24) is 9.80 Å². The first kappa shape index (κ1) is 24.1. The van der Waals surface area contributed by atoms with Crippen LogP contribution in [0.2, 0.25) is 0 Å². The Morgan fingerprint density at radius 3 is 2.12 bits per heavy atom. The summed E-state index contributed by atoms with van der Waals surface area (Å²) >= 11 is 0. The van der Waals surface area contributed by atoms with Crippen molar-refractivity contribution in [2.75, 3.05) is 26.2 Å². The van der Waals surface area contributed by atoms with Crippen LogP contribution in [0.15, 0.2) is 18.2 Å². The zero-order valence-electron chi connectivity index (χ0n) is 14.7. The maximum Gasteiger partial charge on any atom is 0.227 e. The Morgan fingerprint density at radius 1 is 1.08 bits per heavy atom. The van der Waals surface area contributed by atoms with Crippen molar-refractivity contribution in [3.63, 3.8) is 0 Å². The van der Waals surface area contributed by atoms with Crippen LogP contribution < -0.4 is 5.73 Å². The zero-order valence-corrected chi connectivity index (χ0v) is 16.4. The fraction of sp³-hybridized carbons (Fsp3) is 0.588. The second-order valence-electron chi connectivity index (χ2n) is 6.35. The third-order valence-electron chi connectivity index (χ3n) is 4.76. The minimum absolute atomic E-state index is 0. The molecule has 1 fully saturated rings. The predicted molar refractivity (Wildman–Crippen MR) is 100 cm³/mol. The van der Waals surface area contributed by atoms with Crippen molar-refractivity contribution in [2.24, 2.45) is 11.7 Å². The molecular weight excluding hydrogens is 371 g/mol. The monoisotopic (exact) mass is 397 g/mol. The SMILES string of the molecule is CC(N)C(C)C(=O)N1CCN(C(C)c2ccc(F)cc2F)CC1.Cl.Cl. The molecule has 1 heterocycles. The van der Waals surface area contributed by atoms with Gasteiger partial charge in [-0.2, -0.15) is 0 Å². The lowest BCUT2D eigenvalue weighted by Crippen LogP contribution is -2.52. The average Bonchev–Trinajstić information content (AvgIpc) is 2.53. The topological polar surface area (TPSA) is 49.6 Å². The first-order chi connectivity index (χ1) is 10.8. The van der Waals surface area contributed by atoms with Gasteiger partial charge in [0.1, 0.15) is 11.6 Å². The molecule has 0 bridgehead atoms. The zero-order chi connectivity index (χ0) is 17.1. The second-order valence-corrected chi connectivity index (χ2v) is 6.35. The van der Waals surface area contributed by atoms with E-state index in [1.165, 1.54) is 12.1 Å². The van der Waals surface area contributed by atoms with Crippen molar-refractivity contribution in [1.29, 1.82) is 0 Å². The van der Waals surface area contributed by atoms with E-state index in [2.05, 4.69) is 4.90 Å². The quantitative estimate of drug-likeness (QED) is 0.849. The fourth-order valence-corrected chi connectivity index (χ4v) is 2.88. The minimum Gasteiger partial charge on any atom is -0.340 e. The Hall–Kier alpha value is -0.950. The average molecular weight is 398 g/mol. The van der Waals surface area contributed by atoms with Crippen molar-refractivity contribution in [3.8, 4) is 0 Å². The molecule has 2 rings (SSSR count). The Bertz CT molecular complexity index is 567. The van der Waals surface area contributed by atoms with Gasteiger partial charge in [0, 0.05) is 49.9 Å². The third kappa shape index (κ3) is 5.78. The van der Waals surface area contributed by atoms with Gasteiger partial charge in [-0.1, -0.05) is 13.0 Å². The number of hydrogen-bond donors (Lipinski definition) is 1. The maximum atomic E-state index is 13.9. The number of nitrogens with two attached hydrogens (primary N) is 1. The predicted octanol–water partition coefficient (Wildman–Crippen LogP) is 3.00. The van der Waals surface area contributed by atoms with Crippen LogP contribution >= 0.6 is 24.8 Å². The highest BCUT2D eigenvalue weighted by atomic mass is 35.5. The smallest absolute Gasteiger partial charge is 0.227 e. The summed E-state index contributed by atoms with van der Waals surface area (Å²) in [5, 5.41) is 0. The summed E-state index contributed by atoms with van der Waals surface area (Å²) in [5.74, 6) is -1.23. The fourth-order valence-electron chi connectivity index (χ4n) is 2.88. The van der Waals surface area contributed by atoms with Crippen LogP contribution in [0.25, 0.3) is 0 Å². The highest BCUT2D eigenvalue weighted by Crippen LogP contribution is 2.25. The van der Waals surface area contributed by atoms with Gasteiger partial charge >= 0.3 is 0 Å². The minimum atomic E-state index is -0.571. The molecule has 1 aliphatic rings. The highest BCUT2D eigenvalue weighted by Gasteiger charge is 2.29. The van der Waals surface area contributed by atoms with E-state index in [1.54, 1.807) is 0 Å². The van der Waals surface area contributed by atoms with E-state index in [0.717, 1.165) is 6.07 Å². The normalized spacial score (nSPS) is 18.6. The Morgan fingerprint density at radius 2 is 1.64 bits per heavy atom. The molecule has 3 unspecified atom stereocenters. The third-order valence-corrected chi connectivity index (χ3v) is 4.76. The summed E-state index contributed by atoms with van der Waals surface area (Å²) in [7, 11) is 0. The van der Waals surface area contributed by atoms with Gasteiger partial charge in [-0.05, 0) is 19.9 Å². The number of amides is 1. The molecule has 0 saturated carbocycles. The summed E-state index contributed by atoms with van der Waals surface area (Å²) in [6.45, 7) is 8.10. The first-order valence-corrected chi connectivity index (χ1v) is 8.04. The van der Waals surface area contributed by atoms with Crippen molar-refractivity contribution >= 4 is 30.7 Å². The van der Waals surface area contributed by atoms with E-state index in [9.17, 15) is 13.6 Å². The van der Waals surface area contributed by atoms with E-state index >= 15 is 0 Å². The summed E-state index contributed by atoms with van der Waals surface area (Å²) in [6, 6.07) is 3.35. The molecule has 25 heavy (non-hydrogen) atoms. The molecule has 0 aliphatic carbocycles. The van der Waals surface area contributed by atoms with Crippen molar-refractivity contribution in [3.05, 3.63) is 35.4 Å². The molecule has 0 aromatic heterocycles. The Balaban J connectivity index is 0.00000288. The van der Waals surface area contributed by atoms with Crippen LogP contribution in [0.3, 0.4) is 0 Å². The molecule has 1 aromatic rings. The molecular formula is C17H27Cl2F2N3O. The molecule has 1 aromatic carbocycles. The maximum absolute atomic E-state index is 13.9. The van der Waals surface area contributed by atoms with E-state index in [-0.39, 0.29) is 48.7 Å². The highest BCUT2D eigenvalue weighted by molar-refractivity contribution is 5.85. The van der Waals surface area contributed by atoms with E-state index in [1.807, 2.05) is 25.7 Å². The van der Waals surface area contributed by atoms with Crippen LogP contribution in [0.4, 0.5) is 8.78 Å². The molecule has 1 amide bonds. The van der Waals surface area contributed by atoms with Crippen LogP contribution in [-0.4, -0.2) is 47.9 Å². The molecule has 1 saturated heterocycles. The van der Waals surface area contributed by atoms with Crippen LogP contribution in [-0.2, 0) is 4.79 Å². The molecule has 4 nitrogen and oxygen atoms in total. The number of nitrogens with zero attached hydrogens (tertiary/aromatic N) is 2. The number of carbonyl (C=O) groups excluding carboxylic acids is 1. The molecule has 0 spiro atoms. The molecule has 0 radical (unpaired) electrons. The lowest BCUT2D eigenvalue weighted by atomic mass is 10.0. The molecule has 144 valence electrons. The summed E-state index contributed by atoms with van der Waals surface area (Å²) in [6.07, 6.45) is 0. The summed E-state index contributed by atoms with van der Waals surface area (Å²) in [4.78, 5) is 16.2. The number of carbonyl (C=O) groups is 1. The lowest BCUT2D eigenvalue weighted by Gasteiger charge is -2.39. The Labute approximate surface area is 160 Å². The van der Waals surface area contributed by atoms with Crippen LogP contribution in [0, 0.1) is 17.6 Å². The summed E-state index contributed by atoms with van der Waals surface area (Å²) in [5.41, 5.74) is 6.28. The van der Waals surface area contributed by atoms with E-state index < -0.39 is 11.6 Å². The van der Waals surface area contributed by atoms with Crippen LogP contribution in [0.1, 0.15) is 32.4 Å². The molecule has 8 heteroatoms. The molecule has 2 N–H and O–H groups in total. The lowest BCUT2D eigenvalue weighted by molar-refractivity contribution is -0.137. The summed E-state index contributed by atoms with van der Waals surface area (Å²) < 4.78 is 26.9. The number of rotatable bonds is 4. The van der Waals surface area contributed by atoms with Gasteiger partial charge in [0.25, 0.3) is 0 Å². The number of halogens is 4. The van der Waals surface area contributed by atoms with Crippen molar-refractivity contribution < 1.29 is 13.6 Å². The van der Waals surface area contributed by atoms with Crippen LogP contribution in [0.5, 0.6) is 0 Å². The number of benzene rings is 1. The Kier molecular flexibility index (Phi) is 9.87. The number of hydrogen-bond acceptors (Lipinski definition) is 3.